The molecular weight excluding hydrogens is 278 g/mol. The van der Waals surface area contributed by atoms with Gasteiger partial charge >= 0.3 is 0 Å². The van der Waals surface area contributed by atoms with Crippen molar-refractivity contribution in [1.82, 2.24) is 24.7 Å². The molecule has 6 nitrogen and oxygen atoms in total. The lowest BCUT2D eigenvalue weighted by Gasteiger charge is -2.32. The molecule has 1 aliphatic rings. The van der Waals surface area contributed by atoms with E-state index in [0.29, 0.717) is 5.69 Å². The average Bonchev–Trinajstić information content (AvgIpc) is 2.88. The molecule has 0 aromatic carbocycles. The van der Waals surface area contributed by atoms with Gasteiger partial charge in [0.2, 0.25) is 0 Å². The molecule has 0 radical (unpaired) electrons. The van der Waals surface area contributed by atoms with Gasteiger partial charge in [-0.15, -0.1) is 0 Å². The van der Waals surface area contributed by atoms with Crippen molar-refractivity contribution in [2.24, 2.45) is 0 Å². The highest BCUT2D eigenvalue weighted by atomic mass is 16.2. The number of aryl methyl sites for hydroxylation is 1. The number of rotatable bonds is 4. The number of hydrazine groups is 1. The van der Waals surface area contributed by atoms with Crippen molar-refractivity contribution in [1.29, 1.82) is 0 Å². The largest absolute Gasteiger partial charge is 0.304 e. The number of imidazole rings is 1. The summed E-state index contributed by atoms with van der Waals surface area (Å²) in [5.74, 6) is -0.0632. The third kappa shape index (κ3) is 2.98. The summed E-state index contributed by atoms with van der Waals surface area (Å²) in [5, 5.41) is 2.00. The number of hydrogen-bond acceptors (Lipinski definition) is 4. The quantitative estimate of drug-likeness (QED) is 0.921. The van der Waals surface area contributed by atoms with E-state index in [-0.39, 0.29) is 5.91 Å². The van der Waals surface area contributed by atoms with E-state index >= 15 is 0 Å². The van der Waals surface area contributed by atoms with Crippen molar-refractivity contribution < 1.29 is 4.79 Å². The van der Waals surface area contributed by atoms with E-state index in [1.807, 2.05) is 33.8 Å². The number of fused-ring (bicyclic) bond motifs is 1. The Balaban J connectivity index is 1.84. The lowest BCUT2D eigenvalue weighted by molar-refractivity contribution is 0.0656. The number of likely N-dealkylation sites (N-methyl/N-ethyl adjacent to an activating group) is 1. The molecule has 6 heteroatoms. The Hall–Kier alpha value is -1.92. The van der Waals surface area contributed by atoms with Gasteiger partial charge in [-0.05, 0) is 25.6 Å². The lowest BCUT2D eigenvalue weighted by Crippen LogP contribution is -2.52. The number of aromatic nitrogens is 2. The van der Waals surface area contributed by atoms with E-state index < -0.39 is 0 Å². The van der Waals surface area contributed by atoms with Gasteiger partial charge < -0.3 is 4.90 Å². The molecule has 1 N–H and O–H groups in total. The maximum atomic E-state index is 12.7. The Bertz CT molecular complexity index is 658. The first-order valence-corrected chi connectivity index (χ1v) is 7.89. The molecule has 22 heavy (non-hydrogen) atoms. The summed E-state index contributed by atoms with van der Waals surface area (Å²) >= 11 is 0. The molecule has 0 unspecified atom stereocenters. The van der Waals surface area contributed by atoms with E-state index in [0.717, 1.165) is 50.4 Å². The molecule has 3 rings (SSSR count). The first-order valence-electron chi connectivity index (χ1n) is 7.89. The third-order valence-corrected chi connectivity index (χ3v) is 4.07. The van der Waals surface area contributed by atoms with Crippen LogP contribution in [0.25, 0.3) is 5.65 Å². The van der Waals surface area contributed by atoms with Gasteiger partial charge in [-0.25, -0.2) is 9.99 Å². The summed E-state index contributed by atoms with van der Waals surface area (Å²) in [6, 6.07) is 5.81. The van der Waals surface area contributed by atoms with Crippen molar-refractivity contribution in [2.75, 3.05) is 33.2 Å². The fourth-order valence-electron chi connectivity index (χ4n) is 2.81. The predicted octanol–water partition coefficient (Wildman–Crippen LogP) is 1.18. The molecule has 118 valence electrons. The smallest absolute Gasteiger partial charge is 0.284 e. The fraction of sp³-hybridized carbons (Fsp3) is 0.500. The summed E-state index contributed by atoms with van der Waals surface area (Å²) in [6.07, 6.45) is 3.69. The lowest BCUT2D eigenvalue weighted by atomic mass is 10.2. The number of carbonyl (C=O) groups is 1. The molecule has 0 atom stereocenters. The van der Waals surface area contributed by atoms with Gasteiger partial charge in [0.25, 0.3) is 5.91 Å². The molecule has 0 spiro atoms. The molecule has 0 saturated carbocycles. The normalized spacial score (nSPS) is 17.0. The highest BCUT2D eigenvalue weighted by Gasteiger charge is 2.22. The van der Waals surface area contributed by atoms with E-state index in [1.54, 1.807) is 0 Å². The molecule has 0 aliphatic carbocycles. The summed E-state index contributed by atoms with van der Waals surface area (Å²) in [5.41, 5.74) is 5.41. The molecule has 1 saturated heterocycles. The molecule has 2 aromatic rings. The van der Waals surface area contributed by atoms with Crippen LogP contribution < -0.4 is 5.43 Å². The highest BCUT2D eigenvalue weighted by Crippen LogP contribution is 2.14. The van der Waals surface area contributed by atoms with Crippen molar-refractivity contribution >= 4 is 11.6 Å². The first-order chi connectivity index (χ1) is 10.7. The number of amides is 1. The van der Waals surface area contributed by atoms with Crippen molar-refractivity contribution in [3.05, 3.63) is 35.8 Å². The zero-order valence-corrected chi connectivity index (χ0v) is 13.2. The second-order valence-electron chi connectivity index (χ2n) is 5.82. The van der Waals surface area contributed by atoms with Gasteiger partial charge in [0.05, 0.1) is 5.69 Å². The maximum absolute atomic E-state index is 12.7. The average molecular weight is 301 g/mol. The molecular formula is C16H23N5O. The first kappa shape index (κ1) is 15.0. The maximum Gasteiger partial charge on any atom is 0.284 e. The van der Waals surface area contributed by atoms with Crippen LogP contribution in [0.15, 0.2) is 24.4 Å². The molecule has 1 amide bonds. The Morgan fingerprint density at radius 3 is 2.77 bits per heavy atom. The van der Waals surface area contributed by atoms with Crippen molar-refractivity contribution in [2.45, 2.75) is 19.8 Å². The van der Waals surface area contributed by atoms with E-state index in [4.69, 9.17) is 0 Å². The molecule has 3 heterocycles. The Kier molecular flexibility index (Phi) is 4.40. The number of hydrogen-bond donors (Lipinski definition) is 1. The highest BCUT2D eigenvalue weighted by molar-refractivity contribution is 5.94. The van der Waals surface area contributed by atoms with Crippen LogP contribution in [0.4, 0.5) is 0 Å². The van der Waals surface area contributed by atoms with Crippen LogP contribution in [0, 0.1) is 0 Å². The third-order valence-electron chi connectivity index (χ3n) is 4.07. The zero-order valence-electron chi connectivity index (χ0n) is 13.2. The SMILES string of the molecule is CCCc1nc2ccccn2c1C(=O)NN1CCN(C)CC1. The minimum absolute atomic E-state index is 0.0632. The summed E-state index contributed by atoms with van der Waals surface area (Å²) in [7, 11) is 2.10. The number of nitrogens with zero attached hydrogens (tertiary/aromatic N) is 4. The topological polar surface area (TPSA) is 52.9 Å². The zero-order chi connectivity index (χ0) is 15.5. The van der Waals surface area contributed by atoms with Gasteiger partial charge in [0.1, 0.15) is 11.3 Å². The van der Waals surface area contributed by atoms with Crippen molar-refractivity contribution in [3.63, 3.8) is 0 Å². The number of carbonyl (C=O) groups excluding carboxylic acids is 1. The molecule has 2 aromatic heterocycles. The summed E-state index contributed by atoms with van der Waals surface area (Å²) in [4.78, 5) is 19.6. The molecule has 1 aliphatic heterocycles. The van der Waals surface area contributed by atoms with Gasteiger partial charge in [0, 0.05) is 32.4 Å². The Labute approximate surface area is 130 Å². The van der Waals surface area contributed by atoms with Crippen LogP contribution in [0.5, 0.6) is 0 Å². The summed E-state index contributed by atoms with van der Waals surface area (Å²) < 4.78 is 1.89. The Morgan fingerprint density at radius 1 is 1.27 bits per heavy atom. The van der Waals surface area contributed by atoms with Gasteiger partial charge in [-0.1, -0.05) is 19.4 Å². The van der Waals surface area contributed by atoms with Crippen LogP contribution in [-0.4, -0.2) is 58.4 Å². The minimum Gasteiger partial charge on any atom is -0.304 e. The van der Waals surface area contributed by atoms with Crippen LogP contribution in [0.3, 0.4) is 0 Å². The summed E-state index contributed by atoms with van der Waals surface area (Å²) in [6.45, 7) is 5.74. The van der Waals surface area contributed by atoms with Gasteiger partial charge in [-0.2, -0.15) is 0 Å². The van der Waals surface area contributed by atoms with Crippen LogP contribution >= 0.6 is 0 Å². The van der Waals surface area contributed by atoms with Crippen molar-refractivity contribution in [3.8, 4) is 0 Å². The monoisotopic (exact) mass is 301 g/mol. The van der Waals surface area contributed by atoms with Gasteiger partial charge in [0.15, 0.2) is 0 Å². The number of nitrogens with one attached hydrogen (secondary N) is 1. The molecule has 0 bridgehead atoms. The van der Waals surface area contributed by atoms with Crippen LogP contribution in [-0.2, 0) is 6.42 Å². The van der Waals surface area contributed by atoms with E-state index in [1.165, 1.54) is 0 Å². The number of pyridine rings is 1. The van der Waals surface area contributed by atoms with E-state index in [2.05, 4.69) is 29.3 Å². The van der Waals surface area contributed by atoms with Gasteiger partial charge in [-0.3, -0.25) is 14.6 Å². The Morgan fingerprint density at radius 2 is 2.05 bits per heavy atom. The second-order valence-corrected chi connectivity index (χ2v) is 5.82. The van der Waals surface area contributed by atoms with Crippen LogP contribution in [0.2, 0.25) is 0 Å². The standard InChI is InChI=1S/C16H23N5O/c1-3-6-13-15(21-8-5-4-7-14(21)17-13)16(22)18-20-11-9-19(2)10-12-20/h4-5,7-8H,3,6,9-12H2,1-2H3,(H,18,22). The van der Waals surface area contributed by atoms with E-state index in [9.17, 15) is 4.79 Å². The fourth-order valence-corrected chi connectivity index (χ4v) is 2.81. The molecule has 1 fully saturated rings. The van der Waals surface area contributed by atoms with Crippen LogP contribution in [0.1, 0.15) is 29.5 Å². The minimum atomic E-state index is -0.0632. The number of piperazine rings is 1. The predicted molar refractivity (Wildman–Crippen MR) is 85.7 cm³/mol. The second kappa shape index (κ2) is 6.46.